The summed E-state index contributed by atoms with van der Waals surface area (Å²) in [6.45, 7) is 1.87. The van der Waals surface area contributed by atoms with E-state index in [1.54, 1.807) is 18.0 Å². The molecule has 1 atom stereocenters. The van der Waals surface area contributed by atoms with Crippen LogP contribution < -0.4 is 5.56 Å². The van der Waals surface area contributed by atoms with Crippen LogP contribution in [0.4, 0.5) is 0 Å². The van der Waals surface area contributed by atoms with Crippen LogP contribution in [0.15, 0.2) is 59.4 Å². The zero-order valence-corrected chi connectivity index (χ0v) is 17.0. The van der Waals surface area contributed by atoms with Crippen molar-refractivity contribution in [2.45, 2.75) is 19.1 Å². The molecule has 0 bridgehead atoms. The van der Waals surface area contributed by atoms with Crippen LogP contribution in [-0.2, 0) is 27.2 Å². The molecule has 1 aliphatic heterocycles. The largest absolute Gasteiger partial charge is 0.376 e. The minimum Gasteiger partial charge on any atom is -0.376 e. The number of carbonyl (C=O) groups excluding carboxylic acids is 1. The van der Waals surface area contributed by atoms with Crippen molar-refractivity contribution < 1.29 is 14.3 Å². The molecule has 1 saturated heterocycles. The van der Waals surface area contributed by atoms with Crippen molar-refractivity contribution in [3.63, 3.8) is 0 Å². The van der Waals surface area contributed by atoms with E-state index in [9.17, 15) is 9.59 Å². The zero-order valence-electron chi connectivity index (χ0n) is 17.0. The lowest BCUT2D eigenvalue weighted by molar-refractivity contribution is -0.137. The normalized spacial score (nSPS) is 16.5. The molecule has 2 aromatic carbocycles. The Labute approximate surface area is 174 Å². The Kier molecular flexibility index (Phi) is 6.21. The highest BCUT2D eigenvalue weighted by molar-refractivity contribution is 5.84. The van der Waals surface area contributed by atoms with E-state index in [1.165, 1.54) is 4.68 Å². The second kappa shape index (κ2) is 9.19. The van der Waals surface area contributed by atoms with E-state index >= 15 is 0 Å². The van der Waals surface area contributed by atoms with Gasteiger partial charge in [-0.2, -0.15) is 5.10 Å². The summed E-state index contributed by atoms with van der Waals surface area (Å²) in [7, 11) is 1.71. The van der Waals surface area contributed by atoms with E-state index < -0.39 is 0 Å². The quantitative estimate of drug-likeness (QED) is 0.624. The Morgan fingerprint density at radius 1 is 1.10 bits per heavy atom. The SMILES string of the molecule is CN(C[C@@H]1COCCO1)C(=O)Cn1nc(Cc2ccccc2)c2ccccc2c1=O. The number of likely N-dealkylation sites (N-methyl/N-ethyl adjacent to an activating group) is 1. The molecule has 1 aliphatic rings. The number of hydrogen-bond acceptors (Lipinski definition) is 5. The van der Waals surface area contributed by atoms with Gasteiger partial charge in [0.2, 0.25) is 5.91 Å². The predicted octanol–water partition coefficient (Wildman–Crippen LogP) is 1.86. The average Bonchev–Trinajstić information content (AvgIpc) is 2.78. The van der Waals surface area contributed by atoms with Crippen LogP contribution >= 0.6 is 0 Å². The fourth-order valence-electron chi connectivity index (χ4n) is 3.63. The maximum Gasteiger partial charge on any atom is 0.275 e. The molecule has 0 saturated carbocycles. The maximum absolute atomic E-state index is 13.0. The van der Waals surface area contributed by atoms with Crippen molar-refractivity contribution in [2.75, 3.05) is 33.4 Å². The van der Waals surface area contributed by atoms with Crippen molar-refractivity contribution >= 4 is 16.7 Å². The van der Waals surface area contributed by atoms with Gasteiger partial charge in [0.15, 0.2) is 0 Å². The summed E-state index contributed by atoms with van der Waals surface area (Å²) >= 11 is 0. The number of nitrogens with zero attached hydrogens (tertiary/aromatic N) is 3. The molecular weight excluding hydrogens is 382 g/mol. The highest BCUT2D eigenvalue weighted by Gasteiger charge is 2.21. The molecule has 1 amide bonds. The van der Waals surface area contributed by atoms with E-state index in [0.717, 1.165) is 16.6 Å². The summed E-state index contributed by atoms with van der Waals surface area (Å²) < 4.78 is 12.3. The predicted molar refractivity (Wildman–Crippen MR) is 113 cm³/mol. The molecule has 1 aromatic heterocycles. The molecule has 156 valence electrons. The maximum atomic E-state index is 13.0. The van der Waals surface area contributed by atoms with E-state index in [2.05, 4.69) is 5.10 Å². The highest BCUT2D eigenvalue weighted by atomic mass is 16.6. The average molecular weight is 407 g/mol. The van der Waals surface area contributed by atoms with Crippen LogP contribution in [0.3, 0.4) is 0 Å². The highest BCUT2D eigenvalue weighted by Crippen LogP contribution is 2.17. The van der Waals surface area contributed by atoms with Crippen LogP contribution in [0, 0.1) is 0 Å². The lowest BCUT2D eigenvalue weighted by atomic mass is 10.0. The Morgan fingerprint density at radius 3 is 2.57 bits per heavy atom. The number of aromatic nitrogens is 2. The standard InChI is InChI=1S/C23H25N3O4/c1-25(14-18-16-29-11-12-30-18)22(27)15-26-23(28)20-10-6-5-9-19(20)21(24-26)13-17-7-3-2-4-8-17/h2-10,18H,11-16H2,1H3/t18-/m1/s1. The molecule has 3 aromatic rings. The zero-order chi connectivity index (χ0) is 20.9. The molecule has 30 heavy (non-hydrogen) atoms. The monoisotopic (exact) mass is 407 g/mol. The number of fused-ring (bicyclic) bond motifs is 1. The number of hydrogen-bond donors (Lipinski definition) is 0. The summed E-state index contributed by atoms with van der Waals surface area (Å²) in [5, 5.41) is 5.95. The third kappa shape index (κ3) is 4.58. The first-order chi connectivity index (χ1) is 14.6. The first-order valence-electron chi connectivity index (χ1n) is 10.1. The molecule has 7 heteroatoms. The second-order valence-corrected chi connectivity index (χ2v) is 7.46. The number of benzene rings is 2. The van der Waals surface area contributed by atoms with Gasteiger partial charge in [-0.25, -0.2) is 4.68 Å². The lowest BCUT2D eigenvalue weighted by Gasteiger charge is -2.27. The third-order valence-corrected chi connectivity index (χ3v) is 5.23. The molecular formula is C23H25N3O4. The van der Waals surface area contributed by atoms with Crippen molar-refractivity contribution in [1.82, 2.24) is 14.7 Å². The minimum absolute atomic E-state index is 0.116. The van der Waals surface area contributed by atoms with Crippen molar-refractivity contribution in [3.05, 3.63) is 76.2 Å². The molecule has 0 aliphatic carbocycles. The van der Waals surface area contributed by atoms with Crippen molar-refractivity contribution in [3.8, 4) is 0 Å². The Bertz CT molecular complexity index is 1070. The summed E-state index contributed by atoms with van der Waals surface area (Å²) in [5.41, 5.74) is 1.61. The molecule has 0 radical (unpaired) electrons. The summed E-state index contributed by atoms with van der Waals surface area (Å²) in [6, 6.07) is 17.4. The van der Waals surface area contributed by atoms with Crippen LogP contribution in [0.2, 0.25) is 0 Å². The molecule has 1 fully saturated rings. The first kappa shape index (κ1) is 20.3. The van der Waals surface area contributed by atoms with E-state index in [0.29, 0.717) is 38.2 Å². The Morgan fingerprint density at radius 2 is 1.83 bits per heavy atom. The van der Waals surface area contributed by atoms with Gasteiger partial charge in [0.1, 0.15) is 6.54 Å². The van der Waals surface area contributed by atoms with Gasteiger partial charge in [-0.3, -0.25) is 9.59 Å². The van der Waals surface area contributed by atoms with Gasteiger partial charge in [0, 0.05) is 25.4 Å². The van der Waals surface area contributed by atoms with Gasteiger partial charge in [0.25, 0.3) is 5.56 Å². The summed E-state index contributed by atoms with van der Waals surface area (Å²) in [5.74, 6) is -0.195. The van der Waals surface area contributed by atoms with E-state index in [1.807, 2.05) is 48.5 Å². The van der Waals surface area contributed by atoms with E-state index in [4.69, 9.17) is 9.47 Å². The van der Waals surface area contributed by atoms with Crippen molar-refractivity contribution in [2.24, 2.45) is 0 Å². The Balaban J connectivity index is 1.59. The van der Waals surface area contributed by atoms with Crippen molar-refractivity contribution in [1.29, 1.82) is 0 Å². The molecule has 4 rings (SSSR count). The molecule has 7 nitrogen and oxygen atoms in total. The first-order valence-corrected chi connectivity index (χ1v) is 10.1. The van der Waals surface area contributed by atoms with Crippen LogP contribution in [0.5, 0.6) is 0 Å². The number of amides is 1. The number of rotatable bonds is 6. The summed E-state index contributed by atoms with van der Waals surface area (Å²) in [6.07, 6.45) is 0.432. The van der Waals surface area contributed by atoms with Crippen LogP contribution in [-0.4, -0.2) is 60.1 Å². The van der Waals surface area contributed by atoms with Crippen LogP contribution in [0.25, 0.3) is 10.8 Å². The number of carbonyl (C=O) groups is 1. The topological polar surface area (TPSA) is 73.7 Å². The minimum atomic E-state index is -0.263. The van der Waals surface area contributed by atoms with Gasteiger partial charge >= 0.3 is 0 Å². The van der Waals surface area contributed by atoms with Gasteiger partial charge in [-0.05, 0) is 11.6 Å². The molecule has 0 N–H and O–H groups in total. The second-order valence-electron chi connectivity index (χ2n) is 7.46. The molecule has 0 unspecified atom stereocenters. The smallest absolute Gasteiger partial charge is 0.275 e. The third-order valence-electron chi connectivity index (χ3n) is 5.23. The lowest BCUT2D eigenvalue weighted by Crippen LogP contribution is -2.43. The fraction of sp³-hybridized carbons (Fsp3) is 0.348. The fourth-order valence-corrected chi connectivity index (χ4v) is 3.63. The van der Waals surface area contributed by atoms with Gasteiger partial charge in [-0.15, -0.1) is 0 Å². The number of ether oxygens (including phenoxy) is 2. The molecule has 2 heterocycles. The Hall–Kier alpha value is -3.03. The molecule has 0 spiro atoms. The van der Waals surface area contributed by atoms with Gasteiger partial charge < -0.3 is 14.4 Å². The van der Waals surface area contributed by atoms with Gasteiger partial charge in [0.05, 0.1) is 37.0 Å². The summed E-state index contributed by atoms with van der Waals surface area (Å²) in [4.78, 5) is 27.3. The van der Waals surface area contributed by atoms with Gasteiger partial charge in [-0.1, -0.05) is 48.5 Å². The van der Waals surface area contributed by atoms with Crippen LogP contribution in [0.1, 0.15) is 11.3 Å². The van der Waals surface area contributed by atoms with E-state index in [-0.39, 0.29) is 24.1 Å².